The Morgan fingerprint density at radius 1 is 1.13 bits per heavy atom. The van der Waals surface area contributed by atoms with Crippen LogP contribution in [0.1, 0.15) is 36.1 Å². The van der Waals surface area contributed by atoms with Gasteiger partial charge in [-0.3, -0.25) is 0 Å². The first-order valence-electron chi connectivity index (χ1n) is 10.9. The lowest BCUT2D eigenvalue weighted by Crippen LogP contribution is -2.57. The molecule has 1 spiro atoms. The number of aromatic nitrogens is 1. The van der Waals surface area contributed by atoms with E-state index in [4.69, 9.17) is 0 Å². The monoisotopic (exact) mass is 407 g/mol. The van der Waals surface area contributed by atoms with Crippen molar-refractivity contribution in [2.24, 2.45) is 5.92 Å². The molecule has 1 aliphatic heterocycles. The highest BCUT2D eigenvalue weighted by molar-refractivity contribution is 5.85. The second kappa shape index (κ2) is 7.19. The second-order valence-corrected chi connectivity index (χ2v) is 9.38. The summed E-state index contributed by atoms with van der Waals surface area (Å²) in [6.07, 6.45) is 3.29. The molecule has 0 bridgehead atoms. The summed E-state index contributed by atoms with van der Waals surface area (Å²) in [5, 5.41) is 16.8. The molecule has 1 aliphatic carbocycles. The molecule has 5 heteroatoms. The van der Waals surface area contributed by atoms with Gasteiger partial charge in [0.2, 0.25) is 0 Å². The van der Waals surface area contributed by atoms with Crippen molar-refractivity contribution in [2.75, 3.05) is 27.2 Å². The summed E-state index contributed by atoms with van der Waals surface area (Å²) in [5.41, 5.74) is 3.29. The van der Waals surface area contributed by atoms with Gasteiger partial charge in [0.05, 0.1) is 11.1 Å². The number of hydrogen-bond donors (Lipinski definition) is 3. The first-order valence-corrected chi connectivity index (χ1v) is 10.9. The lowest BCUT2D eigenvalue weighted by molar-refractivity contribution is -0.0887. The molecule has 5 rings (SSSR count). The maximum atomic E-state index is 13.9. The molecule has 4 nitrogen and oxygen atoms in total. The molecule has 3 N–H and O–H groups in total. The predicted octanol–water partition coefficient (Wildman–Crippen LogP) is 3.90. The van der Waals surface area contributed by atoms with Gasteiger partial charge in [-0.1, -0.05) is 30.3 Å². The van der Waals surface area contributed by atoms with Crippen LogP contribution in [-0.4, -0.2) is 42.2 Å². The van der Waals surface area contributed by atoms with Gasteiger partial charge in [-0.15, -0.1) is 0 Å². The number of aliphatic hydroxyl groups is 1. The summed E-state index contributed by atoms with van der Waals surface area (Å²) in [6, 6.07) is 15.2. The van der Waals surface area contributed by atoms with E-state index in [1.165, 1.54) is 11.3 Å². The minimum absolute atomic E-state index is 0.0743. The Balaban J connectivity index is 1.58. The maximum absolute atomic E-state index is 13.9. The quantitative estimate of drug-likeness (QED) is 0.617. The zero-order chi connectivity index (χ0) is 20.9. The fourth-order valence-electron chi connectivity index (χ4n) is 5.86. The zero-order valence-corrected chi connectivity index (χ0v) is 17.7. The van der Waals surface area contributed by atoms with Crippen molar-refractivity contribution in [1.29, 1.82) is 0 Å². The second-order valence-electron chi connectivity index (χ2n) is 9.38. The van der Waals surface area contributed by atoms with Crippen molar-refractivity contribution in [3.8, 4) is 0 Å². The highest BCUT2D eigenvalue weighted by atomic mass is 19.1. The molecular weight excluding hydrogens is 377 g/mol. The Morgan fingerprint density at radius 2 is 1.93 bits per heavy atom. The standard InChI is InChI=1S/C25H30FN3O/c1-29(2)16-18-15-24(11-12-25(18,30)17-6-4-3-5-7-17)23-21(10-13-27-24)20-9-8-19(26)14-22(20)28-23/h3-9,14,18,27-28,30H,10-13,15-16H2,1-2H3. The molecule has 3 aromatic rings. The molecule has 0 radical (unpaired) electrons. The van der Waals surface area contributed by atoms with Crippen LogP contribution in [0.2, 0.25) is 0 Å². The zero-order valence-electron chi connectivity index (χ0n) is 17.7. The van der Waals surface area contributed by atoms with Gasteiger partial charge in [-0.25, -0.2) is 4.39 Å². The molecule has 2 heterocycles. The number of aromatic amines is 1. The van der Waals surface area contributed by atoms with Crippen molar-refractivity contribution in [3.05, 3.63) is 71.2 Å². The van der Waals surface area contributed by atoms with Crippen LogP contribution < -0.4 is 5.32 Å². The number of hydrogen-bond acceptors (Lipinski definition) is 3. The average molecular weight is 408 g/mol. The third-order valence-electron chi connectivity index (χ3n) is 7.25. The van der Waals surface area contributed by atoms with E-state index in [1.54, 1.807) is 12.1 Å². The maximum Gasteiger partial charge on any atom is 0.125 e. The largest absolute Gasteiger partial charge is 0.385 e. The molecule has 1 aromatic heterocycles. The normalized spacial score (nSPS) is 28.9. The molecule has 3 unspecified atom stereocenters. The lowest BCUT2D eigenvalue weighted by Gasteiger charge is -2.51. The summed E-state index contributed by atoms with van der Waals surface area (Å²) in [6.45, 7) is 1.70. The Hall–Kier alpha value is -2.21. The van der Waals surface area contributed by atoms with Gasteiger partial charge in [0.1, 0.15) is 5.82 Å². The molecule has 2 aliphatic rings. The fourth-order valence-corrected chi connectivity index (χ4v) is 5.86. The van der Waals surface area contributed by atoms with Gasteiger partial charge in [0.15, 0.2) is 0 Å². The van der Waals surface area contributed by atoms with E-state index in [2.05, 4.69) is 29.3 Å². The Morgan fingerprint density at radius 3 is 2.70 bits per heavy atom. The van der Waals surface area contributed by atoms with Crippen LogP contribution in [0.15, 0.2) is 48.5 Å². The minimum atomic E-state index is -0.853. The van der Waals surface area contributed by atoms with Crippen LogP contribution in [0, 0.1) is 11.7 Å². The summed E-state index contributed by atoms with van der Waals surface area (Å²) < 4.78 is 13.9. The minimum Gasteiger partial charge on any atom is -0.385 e. The highest BCUT2D eigenvalue weighted by Gasteiger charge is 2.52. The van der Waals surface area contributed by atoms with Gasteiger partial charge < -0.3 is 20.3 Å². The molecular formula is C25H30FN3O. The third-order valence-corrected chi connectivity index (χ3v) is 7.25. The number of benzene rings is 2. The summed E-state index contributed by atoms with van der Waals surface area (Å²) in [7, 11) is 4.14. The van der Waals surface area contributed by atoms with Gasteiger partial charge in [-0.05, 0) is 69.1 Å². The van der Waals surface area contributed by atoms with Crippen molar-refractivity contribution < 1.29 is 9.50 Å². The number of nitrogens with zero attached hydrogens (tertiary/aromatic N) is 1. The molecule has 1 saturated carbocycles. The summed E-state index contributed by atoms with van der Waals surface area (Å²) in [4.78, 5) is 5.73. The number of halogens is 1. The summed E-state index contributed by atoms with van der Waals surface area (Å²) in [5.74, 6) is -0.138. The Kier molecular flexibility index (Phi) is 4.73. The Bertz CT molecular complexity index is 1060. The molecule has 3 atom stereocenters. The van der Waals surface area contributed by atoms with Gasteiger partial charge in [0.25, 0.3) is 0 Å². The van der Waals surface area contributed by atoms with Crippen LogP contribution in [0.4, 0.5) is 4.39 Å². The van der Waals surface area contributed by atoms with E-state index < -0.39 is 5.60 Å². The van der Waals surface area contributed by atoms with Gasteiger partial charge in [-0.2, -0.15) is 0 Å². The molecule has 0 amide bonds. The van der Waals surface area contributed by atoms with Gasteiger partial charge >= 0.3 is 0 Å². The first kappa shape index (κ1) is 19.7. The molecule has 2 aromatic carbocycles. The van der Waals surface area contributed by atoms with Crippen LogP contribution in [-0.2, 0) is 17.6 Å². The van der Waals surface area contributed by atoms with E-state index in [1.807, 2.05) is 36.4 Å². The fraction of sp³-hybridized carbons (Fsp3) is 0.440. The van der Waals surface area contributed by atoms with E-state index >= 15 is 0 Å². The number of rotatable bonds is 3. The first-order chi connectivity index (χ1) is 14.4. The van der Waals surface area contributed by atoms with E-state index in [0.29, 0.717) is 6.42 Å². The number of H-pyrrole nitrogens is 1. The lowest BCUT2D eigenvalue weighted by atomic mass is 9.62. The highest BCUT2D eigenvalue weighted by Crippen LogP contribution is 2.51. The van der Waals surface area contributed by atoms with Crippen molar-refractivity contribution in [2.45, 2.75) is 36.8 Å². The van der Waals surface area contributed by atoms with Crippen LogP contribution in [0.3, 0.4) is 0 Å². The SMILES string of the molecule is CN(C)CC1CC2(CCC1(O)c1ccccc1)NCCc1c2[nH]c2cc(F)ccc12. The number of nitrogens with one attached hydrogen (secondary N) is 2. The van der Waals surface area contributed by atoms with Crippen LogP contribution >= 0.6 is 0 Å². The van der Waals surface area contributed by atoms with E-state index in [-0.39, 0.29) is 17.3 Å². The third kappa shape index (κ3) is 3.08. The van der Waals surface area contributed by atoms with Crippen molar-refractivity contribution >= 4 is 10.9 Å². The van der Waals surface area contributed by atoms with Crippen LogP contribution in [0.5, 0.6) is 0 Å². The van der Waals surface area contributed by atoms with Crippen molar-refractivity contribution in [3.63, 3.8) is 0 Å². The van der Waals surface area contributed by atoms with Gasteiger partial charge in [0, 0.05) is 35.6 Å². The number of fused-ring (bicyclic) bond motifs is 4. The van der Waals surface area contributed by atoms with E-state index in [0.717, 1.165) is 48.8 Å². The average Bonchev–Trinajstić information content (AvgIpc) is 3.10. The molecule has 158 valence electrons. The smallest absolute Gasteiger partial charge is 0.125 e. The van der Waals surface area contributed by atoms with Crippen molar-refractivity contribution in [1.82, 2.24) is 15.2 Å². The molecule has 0 saturated heterocycles. The molecule has 30 heavy (non-hydrogen) atoms. The molecule has 1 fully saturated rings. The summed E-state index contributed by atoms with van der Waals surface area (Å²) >= 11 is 0. The van der Waals surface area contributed by atoms with E-state index in [9.17, 15) is 9.50 Å². The predicted molar refractivity (Wildman–Crippen MR) is 118 cm³/mol. The Labute approximate surface area is 177 Å². The van der Waals surface area contributed by atoms with Crippen LogP contribution in [0.25, 0.3) is 10.9 Å². The topological polar surface area (TPSA) is 51.3 Å².